The molecule has 0 radical (unpaired) electrons. The second-order valence-corrected chi connectivity index (χ2v) is 7.51. The number of allylic oxidation sites excluding steroid dienone is 1. The number of hydrogen-bond donors (Lipinski definition) is 0. The SMILES string of the molecule is C[C@@H]1Oc2ccccc2C=C1/C=C1\Oc2cc(OC(=O)N3CCOCC3)ccc2C1=O. The number of ketones is 1. The maximum atomic E-state index is 12.8. The average molecular weight is 419 g/mol. The van der Waals surface area contributed by atoms with Crippen molar-refractivity contribution in [3.8, 4) is 17.2 Å². The third kappa shape index (κ3) is 3.80. The molecule has 1 saturated heterocycles. The van der Waals surface area contributed by atoms with Gasteiger partial charge in [-0.25, -0.2) is 4.79 Å². The van der Waals surface area contributed by atoms with E-state index in [9.17, 15) is 9.59 Å². The fourth-order valence-corrected chi connectivity index (χ4v) is 3.71. The Bertz CT molecular complexity index is 1110. The predicted molar refractivity (Wildman–Crippen MR) is 112 cm³/mol. The van der Waals surface area contributed by atoms with Crippen molar-refractivity contribution >= 4 is 18.0 Å². The van der Waals surface area contributed by atoms with Gasteiger partial charge in [0.1, 0.15) is 23.4 Å². The number of Topliss-reactive ketones (excluding diaryl/α,β-unsaturated/α-hetero) is 1. The minimum Gasteiger partial charge on any atom is -0.485 e. The monoisotopic (exact) mass is 419 g/mol. The minimum absolute atomic E-state index is 0.215. The summed E-state index contributed by atoms with van der Waals surface area (Å²) < 4.78 is 22.4. The van der Waals surface area contributed by atoms with Crippen LogP contribution < -0.4 is 14.2 Å². The third-order valence-corrected chi connectivity index (χ3v) is 5.43. The zero-order valence-corrected chi connectivity index (χ0v) is 17.0. The highest BCUT2D eigenvalue weighted by Crippen LogP contribution is 2.36. The summed E-state index contributed by atoms with van der Waals surface area (Å²) >= 11 is 0. The molecule has 0 bridgehead atoms. The number of ether oxygens (including phenoxy) is 4. The van der Waals surface area contributed by atoms with Gasteiger partial charge in [-0.2, -0.15) is 0 Å². The molecule has 2 aromatic carbocycles. The Morgan fingerprint density at radius 1 is 1.13 bits per heavy atom. The lowest BCUT2D eigenvalue weighted by Crippen LogP contribution is -2.42. The van der Waals surface area contributed by atoms with E-state index in [4.69, 9.17) is 18.9 Å². The molecule has 1 fully saturated rings. The number of hydrogen-bond acceptors (Lipinski definition) is 6. The van der Waals surface area contributed by atoms with Crippen LogP contribution in [0.3, 0.4) is 0 Å². The molecule has 0 N–H and O–H groups in total. The fraction of sp³-hybridized carbons (Fsp3) is 0.250. The first-order chi connectivity index (χ1) is 15.1. The molecule has 0 saturated carbocycles. The molecular weight excluding hydrogens is 398 g/mol. The molecule has 0 aliphatic carbocycles. The second kappa shape index (κ2) is 7.92. The zero-order valence-electron chi connectivity index (χ0n) is 17.0. The van der Waals surface area contributed by atoms with Crippen molar-refractivity contribution in [1.29, 1.82) is 0 Å². The van der Waals surface area contributed by atoms with E-state index in [1.807, 2.05) is 37.3 Å². The summed E-state index contributed by atoms with van der Waals surface area (Å²) in [6.07, 6.45) is 3.04. The number of fused-ring (bicyclic) bond motifs is 2. The van der Waals surface area contributed by atoms with E-state index in [0.29, 0.717) is 43.4 Å². The van der Waals surface area contributed by atoms with E-state index in [-0.39, 0.29) is 17.6 Å². The van der Waals surface area contributed by atoms with E-state index in [2.05, 4.69) is 0 Å². The number of morpholine rings is 1. The highest BCUT2D eigenvalue weighted by Gasteiger charge is 2.30. The van der Waals surface area contributed by atoms with Crippen molar-refractivity contribution in [2.45, 2.75) is 13.0 Å². The largest absolute Gasteiger partial charge is 0.485 e. The minimum atomic E-state index is -0.444. The van der Waals surface area contributed by atoms with Crippen LogP contribution in [0.15, 0.2) is 59.9 Å². The zero-order chi connectivity index (χ0) is 21.4. The van der Waals surface area contributed by atoms with Crippen LogP contribution in [0.1, 0.15) is 22.8 Å². The lowest BCUT2D eigenvalue weighted by atomic mass is 10.0. The number of carbonyl (C=O) groups is 2. The smallest absolute Gasteiger partial charge is 0.415 e. The van der Waals surface area contributed by atoms with Gasteiger partial charge in [-0.3, -0.25) is 4.79 Å². The Morgan fingerprint density at radius 3 is 2.77 bits per heavy atom. The molecule has 5 rings (SSSR count). The fourth-order valence-electron chi connectivity index (χ4n) is 3.71. The summed E-state index contributed by atoms with van der Waals surface area (Å²) in [6, 6.07) is 12.5. The molecule has 0 aromatic heterocycles. The number of benzene rings is 2. The third-order valence-electron chi connectivity index (χ3n) is 5.43. The van der Waals surface area contributed by atoms with Crippen LogP contribution >= 0.6 is 0 Å². The molecular formula is C24H21NO6. The first kappa shape index (κ1) is 19.4. The molecule has 3 aliphatic rings. The van der Waals surface area contributed by atoms with E-state index >= 15 is 0 Å². The normalized spacial score (nSPS) is 21.0. The van der Waals surface area contributed by atoms with Crippen LogP contribution in [-0.4, -0.2) is 49.2 Å². The van der Waals surface area contributed by atoms with Crippen LogP contribution in [0.4, 0.5) is 4.79 Å². The molecule has 0 spiro atoms. The van der Waals surface area contributed by atoms with Gasteiger partial charge in [0, 0.05) is 24.7 Å². The molecule has 3 aliphatic heterocycles. The van der Waals surface area contributed by atoms with E-state index < -0.39 is 6.09 Å². The molecule has 2 aromatic rings. The lowest BCUT2D eigenvalue weighted by molar-refractivity contribution is 0.0416. The van der Waals surface area contributed by atoms with Gasteiger partial charge in [-0.1, -0.05) is 18.2 Å². The Kier molecular flexibility index (Phi) is 4.95. The molecule has 0 unspecified atom stereocenters. The summed E-state index contributed by atoms with van der Waals surface area (Å²) in [4.78, 5) is 26.7. The van der Waals surface area contributed by atoms with Crippen molar-refractivity contribution in [3.63, 3.8) is 0 Å². The van der Waals surface area contributed by atoms with Gasteiger partial charge < -0.3 is 23.8 Å². The second-order valence-electron chi connectivity index (χ2n) is 7.51. The lowest BCUT2D eigenvalue weighted by Gasteiger charge is -2.25. The highest BCUT2D eigenvalue weighted by molar-refractivity contribution is 6.12. The summed E-state index contributed by atoms with van der Waals surface area (Å²) in [5.74, 6) is 1.51. The first-order valence-electron chi connectivity index (χ1n) is 10.2. The van der Waals surface area contributed by atoms with Gasteiger partial charge in [0.05, 0.1) is 18.8 Å². The van der Waals surface area contributed by atoms with E-state index in [1.165, 1.54) is 0 Å². The molecule has 7 nitrogen and oxygen atoms in total. The van der Waals surface area contributed by atoms with Gasteiger partial charge >= 0.3 is 6.09 Å². The maximum absolute atomic E-state index is 12.8. The Labute approximate surface area is 179 Å². The molecule has 1 amide bonds. The average Bonchev–Trinajstić information content (AvgIpc) is 3.09. The van der Waals surface area contributed by atoms with E-state index in [1.54, 1.807) is 29.2 Å². The van der Waals surface area contributed by atoms with Gasteiger partial charge in [0.2, 0.25) is 5.78 Å². The highest BCUT2D eigenvalue weighted by atomic mass is 16.6. The topological polar surface area (TPSA) is 74.3 Å². The van der Waals surface area contributed by atoms with E-state index in [0.717, 1.165) is 16.9 Å². The van der Waals surface area contributed by atoms with Crippen LogP contribution in [0.25, 0.3) is 6.08 Å². The van der Waals surface area contributed by atoms with Crippen molar-refractivity contribution in [2.75, 3.05) is 26.3 Å². The molecule has 31 heavy (non-hydrogen) atoms. The summed E-state index contributed by atoms with van der Waals surface area (Å²) in [5, 5.41) is 0. The van der Waals surface area contributed by atoms with Crippen LogP contribution in [0, 0.1) is 0 Å². The standard InChI is InChI=1S/C24H21NO6/c1-15-17(12-16-4-2-3-5-20(16)29-15)13-22-23(26)19-7-6-18(14-21(19)31-22)30-24(27)25-8-10-28-11-9-25/h2-7,12-15H,8-11H2,1H3/b22-13-/t15-/m0/s1. The molecule has 1 atom stereocenters. The summed E-state index contributed by atoms with van der Waals surface area (Å²) in [5.41, 5.74) is 2.23. The number of amides is 1. The van der Waals surface area contributed by atoms with Crippen molar-refractivity contribution in [2.24, 2.45) is 0 Å². The van der Waals surface area contributed by atoms with Gasteiger partial charge in [-0.05, 0) is 42.8 Å². The number of para-hydroxylation sites is 1. The summed E-state index contributed by atoms with van der Waals surface area (Å²) in [7, 11) is 0. The Hall–Kier alpha value is -3.58. The maximum Gasteiger partial charge on any atom is 0.415 e. The van der Waals surface area contributed by atoms with Crippen LogP contribution in [-0.2, 0) is 4.74 Å². The van der Waals surface area contributed by atoms with Crippen molar-refractivity contribution in [3.05, 3.63) is 71.0 Å². The number of nitrogens with zero attached hydrogens (tertiary/aromatic N) is 1. The first-order valence-corrected chi connectivity index (χ1v) is 10.2. The summed E-state index contributed by atoms with van der Waals surface area (Å²) in [6.45, 7) is 3.89. The Morgan fingerprint density at radius 2 is 1.94 bits per heavy atom. The number of carbonyl (C=O) groups excluding carboxylic acids is 2. The van der Waals surface area contributed by atoms with Crippen molar-refractivity contribution < 1.29 is 28.5 Å². The van der Waals surface area contributed by atoms with Crippen LogP contribution in [0.5, 0.6) is 17.2 Å². The molecule has 158 valence electrons. The number of rotatable bonds is 2. The van der Waals surface area contributed by atoms with Gasteiger partial charge in [0.25, 0.3) is 0 Å². The van der Waals surface area contributed by atoms with Gasteiger partial charge in [-0.15, -0.1) is 0 Å². The molecule has 3 heterocycles. The van der Waals surface area contributed by atoms with Crippen molar-refractivity contribution in [1.82, 2.24) is 4.90 Å². The predicted octanol–water partition coefficient (Wildman–Crippen LogP) is 3.84. The Balaban J connectivity index is 1.35. The van der Waals surface area contributed by atoms with Crippen LogP contribution in [0.2, 0.25) is 0 Å². The molecule has 7 heteroatoms. The van der Waals surface area contributed by atoms with Gasteiger partial charge in [0.15, 0.2) is 5.76 Å². The quantitative estimate of drug-likeness (QED) is 0.689.